The molecule has 0 saturated carbocycles. The van der Waals surface area contributed by atoms with Crippen molar-refractivity contribution in [3.8, 4) is 0 Å². The molecular formula is C31H25N3O2. The quantitative estimate of drug-likeness (QED) is 0.144. The van der Waals surface area contributed by atoms with Gasteiger partial charge < -0.3 is 4.57 Å². The molecular weight excluding hydrogens is 446 g/mol. The Labute approximate surface area is 210 Å². The van der Waals surface area contributed by atoms with Crippen molar-refractivity contribution in [3.63, 3.8) is 0 Å². The van der Waals surface area contributed by atoms with Gasteiger partial charge in [-0.25, -0.2) is 4.98 Å². The van der Waals surface area contributed by atoms with Crippen LogP contribution in [0.3, 0.4) is 0 Å². The van der Waals surface area contributed by atoms with E-state index in [1.165, 1.54) is 12.1 Å². The summed E-state index contributed by atoms with van der Waals surface area (Å²) in [7, 11) is 0. The number of aromatic nitrogens is 2. The van der Waals surface area contributed by atoms with E-state index in [1.807, 2.05) is 36.7 Å². The number of nitro benzene ring substituents is 1. The summed E-state index contributed by atoms with van der Waals surface area (Å²) < 4.78 is 2.24. The van der Waals surface area contributed by atoms with Crippen LogP contribution in [0.1, 0.15) is 33.6 Å². The molecule has 1 heterocycles. The van der Waals surface area contributed by atoms with Crippen molar-refractivity contribution in [3.05, 3.63) is 165 Å². The van der Waals surface area contributed by atoms with Gasteiger partial charge >= 0.3 is 0 Å². The maximum atomic E-state index is 11.0. The number of imidazole rings is 1. The van der Waals surface area contributed by atoms with Crippen molar-refractivity contribution in [2.24, 2.45) is 0 Å². The average Bonchev–Trinajstić information content (AvgIpc) is 3.30. The SMILES string of the molecule is Cc1c(C=Cc2ccc([N+](=O)[O-])cc2)ncn1C(c1ccccc1)(c1ccccc1)c1ccccc1. The molecule has 36 heavy (non-hydrogen) atoms. The maximum Gasteiger partial charge on any atom is 0.269 e. The van der Waals surface area contributed by atoms with Gasteiger partial charge in [0.15, 0.2) is 0 Å². The Balaban J connectivity index is 1.68. The molecule has 0 bridgehead atoms. The van der Waals surface area contributed by atoms with Crippen LogP contribution in [0.25, 0.3) is 12.2 Å². The number of non-ortho nitro benzene ring substituents is 1. The van der Waals surface area contributed by atoms with Gasteiger partial charge in [0.1, 0.15) is 5.54 Å². The molecule has 0 aliphatic heterocycles. The summed E-state index contributed by atoms with van der Waals surface area (Å²) in [5.74, 6) is 0. The van der Waals surface area contributed by atoms with Crippen molar-refractivity contribution >= 4 is 17.8 Å². The van der Waals surface area contributed by atoms with Crippen LogP contribution in [0.4, 0.5) is 5.69 Å². The minimum absolute atomic E-state index is 0.0750. The molecule has 0 amide bonds. The van der Waals surface area contributed by atoms with Crippen LogP contribution in [-0.2, 0) is 5.54 Å². The molecule has 5 heteroatoms. The van der Waals surface area contributed by atoms with Gasteiger partial charge in [0.25, 0.3) is 5.69 Å². The second-order valence-corrected chi connectivity index (χ2v) is 8.58. The van der Waals surface area contributed by atoms with E-state index >= 15 is 0 Å². The predicted octanol–water partition coefficient (Wildman–Crippen LogP) is 7.11. The van der Waals surface area contributed by atoms with E-state index in [-0.39, 0.29) is 5.69 Å². The van der Waals surface area contributed by atoms with E-state index in [0.29, 0.717) is 0 Å². The van der Waals surface area contributed by atoms with Gasteiger partial charge in [-0.3, -0.25) is 10.1 Å². The maximum absolute atomic E-state index is 11.0. The molecule has 0 aliphatic carbocycles. The first-order valence-corrected chi connectivity index (χ1v) is 11.7. The molecule has 1 aromatic heterocycles. The van der Waals surface area contributed by atoms with Gasteiger partial charge in [0.05, 0.1) is 16.9 Å². The fourth-order valence-electron chi connectivity index (χ4n) is 4.76. The Morgan fingerprint density at radius 3 is 1.64 bits per heavy atom. The monoisotopic (exact) mass is 471 g/mol. The second kappa shape index (κ2) is 9.84. The van der Waals surface area contributed by atoms with Crippen LogP contribution in [0.2, 0.25) is 0 Å². The van der Waals surface area contributed by atoms with Crippen LogP contribution in [-0.4, -0.2) is 14.5 Å². The van der Waals surface area contributed by atoms with Crippen LogP contribution in [0.15, 0.2) is 122 Å². The zero-order valence-electron chi connectivity index (χ0n) is 19.9. The highest BCUT2D eigenvalue weighted by molar-refractivity contribution is 5.69. The number of rotatable bonds is 7. The molecule has 5 rings (SSSR count). The molecule has 5 aromatic rings. The van der Waals surface area contributed by atoms with Crippen molar-refractivity contribution in [2.75, 3.05) is 0 Å². The van der Waals surface area contributed by atoms with Crippen molar-refractivity contribution in [1.29, 1.82) is 0 Å². The largest absolute Gasteiger partial charge is 0.316 e. The predicted molar refractivity (Wildman–Crippen MR) is 144 cm³/mol. The Bertz CT molecular complexity index is 1390. The second-order valence-electron chi connectivity index (χ2n) is 8.58. The Morgan fingerprint density at radius 2 is 1.19 bits per heavy atom. The molecule has 0 fully saturated rings. The standard InChI is InChI=1S/C31H25N3O2/c1-24-30(22-19-25-17-20-29(21-18-25)34(35)36)32-23-33(24)31(26-11-5-2-6-12-26,27-13-7-3-8-14-27)28-15-9-4-10-16-28/h2-23H,1H3. The third kappa shape index (κ3) is 4.12. The van der Waals surface area contributed by atoms with Gasteiger partial charge in [-0.05, 0) is 47.4 Å². The summed E-state index contributed by atoms with van der Waals surface area (Å²) in [4.78, 5) is 15.4. The summed E-state index contributed by atoms with van der Waals surface area (Å²) in [5, 5.41) is 11.0. The average molecular weight is 472 g/mol. The van der Waals surface area contributed by atoms with Crippen LogP contribution >= 0.6 is 0 Å². The number of nitro groups is 1. The van der Waals surface area contributed by atoms with Gasteiger partial charge in [-0.15, -0.1) is 0 Å². The molecule has 5 nitrogen and oxygen atoms in total. The molecule has 0 aliphatic rings. The number of nitrogens with zero attached hydrogens (tertiary/aromatic N) is 3. The molecule has 0 saturated heterocycles. The lowest BCUT2D eigenvalue weighted by Gasteiger charge is -2.38. The first kappa shape index (κ1) is 23.0. The molecule has 0 unspecified atom stereocenters. The lowest BCUT2D eigenvalue weighted by molar-refractivity contribution is -0.384. The molecule has 176 valence electrons. The highest BCUT2D eigenvalue weighted by atomic mass is 16.6. The lowest BCUT2D eigenvalue weighted by atomic mass is 9.76. The highest BCUT2D eigenvalue weighted by Crippen LogP contribution is 2.42. The molecule has 0 N–H and O–H groups in total. The first-order valence-electron chi connectivity index (χ1n) is 11.7. The third-order valence-electron chi connectivity index (χ3n) is 6.52. The number of hydrogen-bond donors (Lipinski definition) is 0. The van der Waals surface area contributed by atoms with Crippen molar-refractivity contribution in [2.45, 2.75) is 12.5 Å². The third-order valence-corrected chi connectivity index (χ3v) is 6.52. The smallest absolute Gasteiger partial charge is 0.269 e. The van der Waals surface area contributed by atoms with Crippen LogP contribution < -0.4 is 0 Å². The van der Waals surface area contributed by atoms with Gasteiger partial charge in [-0.1, -0.05) is 97.1 Å². The van der Waals surface area contributed by atoms with Crippen LogP contribution in [0, 0.1) is 17.0 Å². The highest BCUT2D eigenvalue weighted by Gasteiger charge is 2.39. The minimum atomic E-state index is -0.625. The summed E-state index contributed by atoms with van der Waals surface area (Å²) in [6.45, 7) is 2.08. The fraction of sp³-hybridized carbons (Fsp3) is 0.0645. The fourth-order valence-corrected chi connectivity index (χ4v) is 4.76. The van der Waals surface area contributed by atoms with Crippen LogP contribution in [0.5, 0.6) is 0 Å². The van der Waals surface area contributed by atoms with Crippen molar-refractivity contribution < 1.29 is 4.92 Å². The molecule has 0 atom stereocenters. The zero-order chi connectivity index (χ0) is 25.0. The molecule has 4 aromatic carbocycles. The minimum Gasteiger partial charge on any atom is -0.316 e. The first-order chi connectivity index (χ1) is 17.6. The molecule has 0 spiro atoms. The van der Waals surface area contributed by atoms with E-state index in [0.717, 1.165) is 33.6 Å². The Hall–Kier alpha value is -4.77. The van der Waals surface area contributed by atoms with E-state index < -0.39 is 10.5 Å². The summed E-state index contributed by atoms with van der Waals surface area (Å²) in [6, 6.07) is 37.9. The van der Waals surface area contributed by atoms with E-state index in [2.05, 4.69) is 84.3 Å². The molecule has 0 radical (unpaired) electrons. The normalized spacial score (nSPS) is 11.6. The van der Waals surface area contributed by atoms with E-state index in [9.17, 15) is 10.1 Å². The summed E-state index contributed by atoms with van der Waals surface area (Å²) in [5.41, 5.74) is 5.56. The Morgan fingerprint density at radius 1 is 0.722 bits per heavy atom. The summed E-state index contributed by atoms with van der Waals surface area (Å²) >= 11 is 0. The summed E-state index contributed by atoms with van der Waals surface area (Å²) in [6.07, 6.45) is 5.79. The lowest BCUT2D eigenvalue weighted by Crippen LogP contribution is -2.38. The Kier molecular flexibility index (Phi) is 6.29. The van der Waals surface area contributed by atoms with E-state index in [4.69, 9.17) is 4.98 Å². The number of hydrogen-bond acceptors (Lipinski definition) is 3. The van der Waals surface area contributed by atoms with E-state index in [1.54, 1.807) is 12.1 Å². The topological polar surface area (TPSA) is 61.0 Å². The zero-order valence-corrected chi connectivity index (χ0v) is 19.9. The van der Waals surface area contributed by atoms with Gasteiger partial charge in [0, 0.05) is 17.8 Å². The number of benzene rings is 4. The van der Waals surface area contributed by atoms with Gasteiger partial charge in [-0.2, -0.15) is 0 Å². The van der Waals surface area contributed by atoms with Crippen molar-refractivity contribution in [1.82, 2.24) is 9.55 Å². The van der Waals surface area contributed by atoms with Gasteiger partial charge in [0.2, 0.25) is 0 Å².